The molecule has 15 heavy (non-hydrogen) atoms. The number of hydrogen-bond acceptors (Lipinski definition) is 2. The molecular weight excluding hydrogens is 191 g/mol. The van der Waals surface area contributed by atoms with Crippen molar-refractivity contribution in [3.8, 4) is 0 Å². The third-order valence-corrected chi connectivity index (χ3v) is 2.42. The maximum atomic E-state index is 13.2. The molecule has 0 bridgehead atoms. The Bertz CT molecular complexity index is 289. The summed E-state index contributed by atoms with van der Waals surface area (Å²) in [5.41, 5.74) is 0.573. The van der Waals surface area contributed by atoms with E-state index in [1.165, 1.54) is 6.07 Å². The van der Waals surface area contributed by atoms with Crippen LogP contribution in [-0.2, 0) is 0 Å². The molecule has 1 aromatic rings. The number of hydrogen-bond donors (Lipinski definition) is 2. The minimum absolute atomic E-state index is 0.193. The summed E-state index contributed by atoms with van der Waals surface area (Å²) in [6.07, 6.45) is 1.11. The average Bonchev–Trinajstić information content (AvgIpc) is 2.26. The Balaban J connectivity index is 2.23. The smallest absolute Gasteiger partial charge is 0.146 e. The van der Waals surface area contributed by atoms with Crippen molar-refractivity contribution >= 4 is 5.69 Å². The first-order chi connectivity index (χ1) is 7.24. The molecule has 1 atom stereocenters. The van der Waals surface area contributed by atoms with Crippen molar-refractivity contribution in [2.75, 3.05) is 18.4 Å². The molecule has 0 aliphatic carbocycles. The Morgan fingerprint density at radius 2 is 2.00 bits per heavy atom. The van der Waals surface area contributed by atoms with Crippen LogP contribution in [0.3, 0.4) is 0 Å². The van der Waals surface area contributed by atoms with Gasteiger partial charge < -0.3 is 10.6 Å². The molecular formula is C12H19FN2. The predicted octanol–water partition coefficient (Wildman–Crippen LogP) is 2.63. The lowest BCUT2D eigenvalue weighted by molar-refractivity contribution is 0.545. The van der Waals surface area contributed by atoms with Crippen molar-refractivity contribution < 1.29 is 4.39 Å². The van der Waals surface area contributed by atoms with Gasteiger partial charge in [0, 0.05) is 19.1 Å². The zero-order valence-electron chi connectivity index (χ0n) is 9.39. The first-order valence-electron chi connectivity index (χ1n) is 5.45. The van der Waals surface area contributed by atoms with Crippen molar-refractivity contribution in [2.45, 2.75) is 26.3 Å². The summed E-state index contributed by atoms with van der Waals surface area (Å²) in [4.78, 5) is 0. The highest BCUT2D eigenvalue weighted by atomic mass is 19.1. The van der Waals surface area contributed by atoms with Crippen LogP contribution < -0.4 is 10.6 Å². The van der Waals surface area contributed by atoms with Crippen LogP contribution in [0.5, 0.6) is 0 Å². The molecule has 0 radical (unpaired) electrons. The average molecular weight is 210 g/mol. The number of para-hydroxylation sites is 1. The van der Waals surface area contributed by atoms with Gasteiger partial charge in [0.1, 0.15) is 5.82 Å². The van der Waals surface area contributed by atoms with E-state index in [0.29, 0.717) is 11.7 Å². The summed E-state index contributed by atoms with van der Waals surface area (Å²) in [5.74, 6) is -0.193. The summed E-state index contributed by atoms with van der Waals surface area (Å²) in [5, 5.41) is 6.39. The lowest BCUT2D eigenvalue weighted by atomic mass is 10.2. The molecule has 0 heterocycles. The summed E-state index contributed by atoms with van der Waals surface area (Å²) >= 11 is 0. The largest absolute Gasteiger partial charge is 0.381 e. The highest BCUT2D eigenvalue weighted by Gasteiger charge is 1.99. The monoisotopic (exact) mass is 210 g/mol. The van der Waals surface area contributed by atoms with Crippen LogP contribution in [-0.4, -0.2) is 19.1 Å². The summed E-state index contributed by atoms with van der Waals surface area (Å²) < 4.78 is 13.2. The maximum absolute atomic E-state index is 13.2. The van der Waals surface area contributed by atoms with Crippen LogP contribution in [0.2, 0.25) is 0 Å². The van der Waals surface area contributed by atoms with Crippen molar-refractivity contribution in [3.63, 3.8) is 0 Å². The second-order valence-electron chi connectivity index (χ2n) is 3.67. The standard InChI is InChI=1S/C12H19FN2/c1-3-10(2)14-8-9-15-12-7-5-4-6-11(12)13/h4-7,10,14-15H,3,8-9H2,1-2H3. The number of nitrogens with one attached hydrogen (secondary N) is 2. The quantitative estimate of drug-likeness (QED) is 0.705. The van der Waals surface area contributed by atoms with Crippen LogP contribution in [0.1, 0.15) is 20.3 Å². The fraction of sp³-hybridized carbons (Fsp3) is 0.500. The Labute approximate surface area is 90.9 Å². The molecule has 1 aromatic carbocycles. The predicted molar refractivity (Wildman–Crippen MR) is 62.6 cm³/mol. The van der Waals surface area contributed by atoms with Gasteiger partial charge in [-0.05, 0) is 25.5 Å². The molecule has 1 rings (SSSR count). The van der Waals surface area contributed by atoms with E-state index in [1.54, 1.807) is 12.1 Å². The molecule has 2 N–H and O–H groups in total. The van der Waals surface area contributed by atoms with Crippen LogP contribution in [0, 0.1) is 5.82 Å². The molecule has 0 aliphatic rings. The molecule has 0 saturated carbocycles. The number of rotatable bonds is 6. The van der Waals surface area contributed by atoms with Gasteiger partial charge in [0.15, 0.2) is 0 Å². The fourth-order valence-corrected chi connectivity index (χ4v) is 1.26. The number of anilines is 1. The van der Waals surface area contributed by atoms with E-state index in [1.807, 2.05) is 6.07 Å². The van der Waals surface area contributed by atoms with Gasteiger partial charge in [-0.25, -0.2) is 4.39 Å². The lowest BCUT2D eigenvalue weighted by Crippen LogP contribution is -2.30. The molecule has 0 aromatic heterocycles. The lowest BCUT2D eigenvalue weighted by Gasteiger charge is -2.12. The van der Waals surface area contributed by atoms with Gasteiger partial charge in [-0.15, -0.1) is 0 Å². The molecule has 0 aliphatic heterocycles. The molecule has 1 unspecified atom stereocenters. The molecule has 3 heteroatoms. The molecule has 2 nitrogen and oxygen atoms in total. The van der Waals surface area contributed by atoms with Crippen LogP contribution in [0.4, 0.5) is 10.1 Å². The van der Waals surface area contributed by atoms with Gasteiger partial charge in [0.2, 0.25) is 0 Å². The third-order valence-electron chi connectivity index (χ3n) is 2.42. The Morgan fingerprint density at radius 1 is 1.27 bits per heavy atom. The van der Waals surface area contributed by atoms with E-state index in [0.717, 1.165) is 19.5 Å². The second kappa shape index (κ2) is 6.40. The van der Waals surface area contributed by atoms with Crippen molar-refractivity contribution in [1.29, 1.82) is 0 Å². The van der Waals surface area contributed by atoms with Crippen LogP contribution >= 0.6 is 0 Å². The molecule has 0 saturated heterocycles. The normalized spacial score (nSPS) is 12.5. The minimum Gasteiger partial charge on any atom is -0.381 e. The van der Waals surface area contributed by atoms with Gasteiger partial charge >= 0.3 is 0 Å². The van der Waals surface area contributed by atoms with E-state index < -0.39 is 0 Å². The molecule has 0 spiro atoms. The van der Waals surface area contributed by atoms with E-state index in [9.17, 15) is 4.39 Å². The number of benzene rings is 1. The van der Waals surface area contributed by atoms with Gasteiger partial charge in [0.25, 0.3) is 0 Å². The van der Waals surface area contributed by atoms with Gasteiger partial charge in [-0.3, -0.25) is 0 Å². The first kappa shape index (κ1) is 12.0. The van der Waals surface area contributed by atoms with E-state index in [-0.39, 0.29) is 5.82 Å². The van der Waals surface area contributed by atoms with Gasteiger partial charge in [-0.2, -0.15) is 0 Å². The zero-order valence-corrected chi connectivity index (χ0v) is 9.39. The minimum atomic E-state index is -0.193. The fourth-order valence-electron chi connectivity index (χ4n) is 1.26. The Hall–Kier alpha value is -1.09. The molecule has 0 fully saturated rings. The topological polar surface area (TPSA) is 24.1 Å². The van der Waals surface area contributed by atoms with Crippen LogP contribution in [0.25, 0.3) is 0 Å². The highest BCUT2D eigenvalue weighted by molar-refractivity contribution is 5.44. The zero-order chi connectivity index (χ0) is 11.1. The Morgan fingerprint density at radius 3 is 2.67 bits per heavy atom. The van der Waals surface area contributed by atoms with E-state index in [4.69, 9.17) is 0 Å². The van der Waals surface area contributed by atoms with Crippen LogP contribution in [0.15, 0.2) is 24.3 Å². The first-order valence-corrected chi connectivity index (χ1v) is 5.45. The number of halogens is 1. The van der Waals surface area contributed by atoms with Crippen molar-refractivity contribution in [2.24, 2.45) is 0 Å². The molecule has 0 amide bonds. The molecule has 84 valence electrons. The van der Waals surface area contributed by atoms with E-state index >= 15 is 0 Å². The maximum Gasteiger partial charge on any atom is 0.146 e. The Kier molecular flexibility index (Phi) is 5.12. The van der Waals surface area contributed by atoms with Gasteiger partial charge in [0.05, 0.1) is 5.69 Å². The third kappa shape index (κ3) is 4.30. The van der Waals surface area contributed by atoms with Gasteiger partial charge in [-0.1, -0.05) is 19.1 Å². The SMILES string of the molecule is CCC(C)NCCNc1ccccc1F. The summed E-state index contributed by atoms with van der Waals surface area (Å²) in [7, 11) is 0. The van der Waals surface area contributed by atoms with Crippen molar-refractivity contribution in [1.82, 2.24) is 5.32 Å². The second-order valence-corrected chi connectivity index (χ2v) is 3.67. The highest BCUT2D eigenvalue weighted by Crippen LogP contribution is 2.11. The summed E-state index contributed by atoms with van der Waals surface area (Å²) in [6.45, 7) is 5.87. The van der Waals surface area contributed by atoms with Crippen molar-refractivity contribution in [3.05, 3.63) is 30.1 Å². The summed E-state index contributed by atoms with van der Waals surface area (Å²) in [6, 6.07) is 7.25. The van der Waals surface area contributed by atoms with E-state index in [2.05, 4.69) is 24.5 Å².